The van der Waals surface area contributed by atoms with E-state index < -0.39 is 5.60 Å². The number of aromatic nitrogens is 1. The van der Waals surface area contributed by atoms with Gasteiger partial charge in [0.1, 0.15) is 11.4 Å². The van der Waals surface area contributed by atoms with Gasteiger partial charge in [-0.15, -0.1) is 0 Å². The Morgan fingerprint density at radius 2 is 2.17 bits per heavy atom. The Morgan fingerprint density at radius 3 is 2.87 bits per heavy atom. The smallest absolute Gasteiger partial charge is 0.133 e. The Bertz CT molecular complexity index is 655. The molecule has 2 aromatic rings. The van der Waals surface area contributed by atoms with Gasteiger partial charge in [-0.2, -0.15) is 0 Å². The zero-order valence-electron chi connectivity index (χ0n) is 13.8. The van der Waals surface area contributed by atoms with Crippen LogP contribution in [0.25, 0.3) is 0 Å². The van der Waals surface area contributed by atoms with Crippen LogP contribution in [0, 0.1) is 13.8 Å². The highest BCUT2D eigenvalue weighted by atomic mass is 16.5. The van der Waals surface area contributed by atoms with Gasteiger partial charge in [-0.25, -0.2) is 0 Å². The summed E-state index contributed by atoms with van der Waals surface area (Å²) in [7, 11) is 0. The maximum atomic E-state index is 9.97. The summed E-state index contributed by atoms with van der Waals surface area (Å²) >= 11 is 0. The highest BCUT2D eigenvalue weighted by Crippen LogP contribution is 2.24. The van der Waals surface area contributed by atoms with Crippen molar-refractivity contribution >= 4 is 0 Å². The molecule has 0 saturated carbocycles. The summed E-state index contributed by atoms with van der Waals surface area (Å²) in [6.45, 7) is 6.83. The minimum atomic E-state index is -0.551. The van der Waals surface area contributed by atoms with E-state index in [-0.39, 0.29) is 6.61 Å². The maximum Gasteiger partial charge on any atom is 0.133 e. The van der Waals surface area contributed by atoms with Crippen LogP contribution in [-0.4, -0.2) is 47.1 Å². The van der Waals surface area contributed by atoms with Gasteiger partial charge in [-0.1, -0.05) is 35.0 Å². The summed E-state index contributed by atoms with van der Waals surface area (Å²) in [4.78, 5) is 2.27. The van der Waals surface area contributed by atoms with Crippen LogP contribution in [0.15, 0.2) is 34.9 Å². The molecule has 2 heterocycles. The SMILES string of the molecule is Cc1cccc(CC2(CO)CN(Cc3cc(C)on3)CCO2)c1. The second-order valence-electron chi connectivity index (χ2n) is 6.49. The molecule has 0 radical (unpaired) electrons. The van der Waals surface area contributed by atoms with Crippen molar-refractivity contribution < 1.29 is 14.4 Å². The summed E-state index contributed by atoms with van der Waals surface area (Å²) in [6.07, 6.45) is 0.708. The quantitative estimate of drug-likeness (QED) is 0.915. The molecule has 1 fully saturated rings. The zero-order valence-corrected chi connectivity index (χ0v) is 13.8. The molecular formula is C18H24N2O3. The predicted octanol–water partition coefficient (Wildman–Crippen LogP) is 2.10. The fourth-order valence-electron chi connectivity index (χ4n) is 3.23. The lowest BCUT2D eigenvalue weighted by atomic mass is 9.92. The van der Waals surface area contributed by atoms with E-state index in [4.69, 9.17) is 9.26 Å². The number of benzene rings is 1. The van der Waals surface area contributed by atoms with Gasteiger partial charge in [0.25, 0.3) is 0 Å². The summed E-state index contributed by atoms with van der Waals surface area (Å²) < 4.78 is 11.1. The Hall–Kier alpha value is -1.69. The Kier molecular flexibility index (Phi) is 4.80. The van der Waals surface area contributed by atoms with Crippen LogP contribution in [-0.2, 0) is 17.7 Å². The number of rotatable bonds is 5. The molecule has 5 heteroatoms. The van der Waals surface area contributed by atoms with Crippen molar-refractivity contribution in [1.82, 2.24) is 10.1 Å². The van der Waals surface area contributed by atoms with Crippen LogP contribution in [0.1, 0.15) is 22.6 Å². The average Bonchev–Trinajstić information content (AvgIpc) is 2.92. The molecule has 3 rings (SSSR count). The lowest BCUT2D eigenvalue weighted by Gasteiger charge is -2.41. The molecule has 0 spiro atoms. The Balaban J connectivity index is 1.70. The van der Waals surface area contributed by atoms with E-state index in [2.05, 4.69) is 41.2 Å². The lowest BCUT2D eigenvalue weighted by molar-refractivity contribution is -0.134. The largest absolute Gasteiger partial charge is 0.393 e. The molecule has 1 aromatic heterocycles. The van der Waals surface area contributed by atoms with E-state index >= 15 is 0 Å². The highest BCUT2D eigenvalue weighted by Gasteiger charge is 2.36. The van der Waals surface area contributed by atoms with Crippen molar-refractivity contribution in [2.75, 3.05) is 26.3 Å². The fourth-order valence-corrected chi connectivity index (χ4v) is 3.23. The van der Waals surface area contributed by atoms with Crippen LogP contribution in [0.5, 0.6) is 0 Å². The van der Waals surface area contributed by atoms with Crippen molar-refractivity contribution in [3.8, 4) is 0 Å². The summed E-state index contributed by atoms with van der Waals surface area (Å²) in [5, 5.41) is 14.0. The van der Waals surface area contributed by atoms with Gasteiger partial charge in [0.05, 0.1) is 18.9 Å². The van der Waals surface area contributed by atoms with Gasteiger partial charge in [0, 0.05) is 32.1 Å². The molecular weight excluding hydrogens is 292 g/mol. The van der Waals surface area contributed by atoms with Crippen molar-refractivity contribution in [1.29, 1.82) is 0 Å². The molecule has 5 nitrogen and oxygen atoms in total. The predicted molar refractivity (Wildman–Crippen MR) is 87.2 cm³/mol. The maximum absolute atomic E-state index is 9.97. The van der Waals surface area contributed by atoms with E-state index in [0.29, 0.717) is 19.6 Å². The third-order valence-electron chi connectivity index (χ3n) is 4.29. The van der Waals surface area contributed by atoms with Crippen molar-refractivity contribution in [2.45, 2.75) is 32.4 Å². The van der Waals surface area contributed by atoms with Gasteiger partial charge in [-0.05, 0) is 19.4 Å². The molecule has 124 valence electrons. The van der Waals surface area contributed by atoms with Gasteiger partial charge in [0.15, 0.2) is 0 Å². The van der Waals surface area contributed by atoms with Crippen molar-refractivity contribution in [3.05, 3.63) is 52.9 Å². The normalized spacial score (nSPS) is 22.4. The molecule has 0 aliphatic carbocycles. The van der Waals surface area contributed by atoms with Crippen LogP contribution >= 0.6 is 0 Å². The van der Waals surface area contributed by atoms with E-state index in [0.717, 1.165) is 24.5 Å². The van der Waals surface area contributed by atoms with E-state index in [1.807, 2.05) is 13.0 Å². The summed E-state index contributed by atoms with van der Waals surface area (Å²) in [5.41, 5.74) is 2.79. The molecule has 1 unspecified atom stereocenters. The minimum absolute atomic E-state index is 0.00921. The molecule has 1 aliphatic heterocycles. The standard InChI is InChI=1S/C18H24N2O3/c1-14-4-3-5-16(8-14)10-18(13-21)12-20(6-7-22-18)11-17-9-15(2)23-19-17/h3-5,8-9,21H,6-7,10-13H2,1-2H3. The number of morpholine rings is 1. The number of hydrogen-bond acceptors (Lipinski definition) is 5. The van der Waals surface area contributed by atoms with Crippen molar-refractivity contribution in [2.24, 2.45) is 0 Å². The highest BCUT2D eigenvalue weighted by molar-refractivity contribution is 5.24. The first-order valence-electron chi connectivity index (χ1n) is 8.03. The van der Waals surface area contributed by atoms with Crippen molar-refractivity contribution in [3.63, 3.8) is 0 Å². The molecule has 23 heavy (non-hydrogen) atoms. The van der Waals surface area contributed by atoms with Gasteiger partial charge in [0.2, 0.25) is 0 Å². The Morgan fingerprint density at radius 1 is 1.30 bits per heavy atom. The first-order valence-corrected chi connectivity index (χ1v) is 8.03. The number of aliphatic hydroxyl groups is 1. The molecule has 0 bridgehead atoms. The van der Waals surface area contributed by atoms with E-state index in [1.165, 1.54) is 11.1 Å². The van der Waals surface area contributed by atoms with Crippen LogP contribution in [0.3, 0.4) is 0 Å². The third kappa shape index (κ3) is 3.99. The second-order valence-corrected chi connectivity index (χ2v) is 6.49. The van der Waals surface area contributed by atoms with Gasteiger partial charge < -0.3 is 14.4 Å². The van der Waals surface area contributed by atoms with E-state index in [9.17, 15) is 5.11 Å². The molecule has 1 N–H and O–H groups in total. The monoisotopic (exact) mass is 316 g/mol. The number of hydrogen-bond donors (Lipinski definition) is 1. The number of aryl methyl sites for hydroxylation is 2. The van der Waals surface area contributed by atoms with Crippen LogP contribution < -0.4 is 0 Å². The third-order valence-corrected chi connectivity index (χ3v) is 4.29. The van der Waals surface area contributed by atoms with Gasteiger partial charge in [-0.3, -0.25) is 4.90 Å². The first-order chi connectivity index (χ1) is 11.1. The number of aliphatic hydroxyl groups excluding tert-OH is 1. The van der Waals surface area contributed by atoms with Crippen LogP contribution in [0.4, 0.5) is 0 Å². The lowest BCUT2D eigenvalue weighted by Crippen LogP contribution is -2.55. The second kappa shape index (κ2) is 6.83. The van der Waals surface area contributed by atoms with Crippen LogP contribution in [0.2, 0.25) is 0 Å². The molecule has 1 aromatic carbocycles. The number of ether oxygens (including phenoxy) is 1. The average molecular weight is 316 g/mol. The summed E-state index contributed by atoms with van der Waals surface area (Å²) in [6, 6.07) is 10.3. The molecule has 1 atom stereocenters. The van der Waals surface area contributed by atoms with Gasteiger partial charge >= 0.3 is 0 Å². The van der Waals surface area contributed by atoms with E-state index in [1.54, 1.807) is 0 Å². The molecule has 1 saturated heterocycles. The Labute approximate surface area is 136 Å². The zero-order chi connectivity index (χ0) is 16.3. The minimum Gasteiger partial charge on any atom is -0.393 e. The molecule has 1 aliphatic rings. The topological polar surface area (TPSA) is 58.7 Å². The first kappa shape index (κ1) is 16.2. The number of nitrogens with zero attached hydrogens (tertiary/aromatic N) is 2. The summed E-state index contributed by atoms with van der Waals surface area (Å²) in [5.74, 6) is 0.821. The fraction of sp³-hybridized carbons (Fsp3) is 0.500. The molecule has 0 amide bonds.